The summed E-state index contributed by atoms with van der Waals surface area (Å²) in [6, 6.07) is 9.95. The summed E-state index contributed by atoms with van der Waals surface area (Å²) in [5, 5.41) is 4.25. The van der Waals surface area contributed by atoms with Crippen LogP contribution in [0.1, 0.15) is 0 Å². The lowest BCUT2D eigenvalue weighted by Gasteiger charge is -1.99. The standard InChI is InChI=1S/C10H8N4/c1-2-4-8(5-3-1)14-10-9(6-13-14)11-7-12-10/h1-7H,(H,11,12). The highest BCUT2D eigenvalue weighted by Crippen LogP contribution is 2.13. The topological polar surface area (TPSA) is 46.5 Å². The van der Waals surface area contributed by atoms with E-state index in [-0.39, 0.29) is 0 Å². The molecule has 1 N–H and O–H groups in total. The minimum absolute atomic E-state index is 0.858. The molecule has 4 heteroatoms. The zero-order valence-electron chi connectivity index (χ0n) is 7.38. The Labute approximate surface area is 80.2 Å². The Balaban J connectivity index is 2.28. The first-order valence-electron chi connectivity index (χ1n) is 4.38. The lowest BCUT2D eigenvalue weighted by molar-refractivity contribution is 0.896. The number of aromatic amines is 1. The van der Waals surface area contributed by atoms with Gasteiger partial charge in [-0.15, -0.1) is 0 Å². The zero-order chi connectivity index (χ0) is 9.38. The average Bonchev–Trinajstić information content (AvgIpc) is 2.79. The summed E-state index contributed by atoms with van der Waals surface area (Å²) in [5.74, 6) is 0. The fourth-order valence-electron chi connectivity index (χ4n) is 1.49. The van der Waals surface area contributed by atoms with Crippen LogP contribution in [0.5, 0.6) is 0 Å². The molecule has 0 aliphatic rings. The van der Waals surface area contributed by atoms with E-state index in [0.29, 0.717) is 0 Å². The van der Waals surface area contributed by atoms with Gasteiger partial charge in [0.2, 0.25) is 0 Å². The minimum Gasteiger partial charge on any atom is -0.342 e. The number of hydrogen-bond donors (Lipinski definition) is 1. The molecule has 0 spiro atoms. The molecule has 2 heterocycles. The highest BCUT2D eigenvalue weighted by atomic mass is 15.3. The Kier molecular flexibility index (Phi) is 1.41. The van der Waals surface area contributed by atoms with E-state index in [1.54, 1.807) is 12.5 Å². The highest BCUT2D eigenvalue weighted by Gasteiger charge is 2.05. The van der Waals surface area contributed by atoms with Crippen molar-refractivity contribution in [2.45, 2.75) is 0 Å². The lowest BCUT2D eigenvalue weighted by Crippen LogP contribution is -1.95. The summed E-state index contributed by atoms with van der Waals surface area (Å²) in [6.45, 7) is 0. The first-order valence-corrected chi connectivity index (χ1v) is 4.38. The van der Waals surface area contributed by atoms with E-state index in [0.717, 1.165) is 16.9 Å². The molecular weight excluding hydrogens is 176 g/mol. The van der Waals surface area contributed by atoms with Gasteiger partial charge in [-0.3, -0.25) is 0 Å². The van der Waals surface area contributed by atoms with Crippen LogP contribution in [-0.4, -0.2) is 19.7 Å². The van der Waals surface area contributed by atoms with Crippen molar-refractivity contribution in [3.8, 4) is 5.69 Å². The molecule has 0 bridgehead atoms. The number of rotatable bonds is 1. The summed E-state index contributed by atoms with van der Waals surface area (Å²) in [4.78, 5) is 7.22. The van der Waals surface area contributed by atoms with Crippen LogP contribution in [0.4, 0.5) is 0 Å². The monoisotopic (exact) mass is 184 g/mol. The van der Waals surface area contributed by atoms with Crippen molar-refractivity contribution in [2.75, 3.05) is 0 Å². The largest absolute Gasteiger partial charge is 0.342 e. The number of para-hydroxylation sites is 1. The number of nitrogens with zero attached hydrogens (tertiary/aromatic N) is 3. The molecule has 0 radical (unpaired) electrons. The van der Waals surface area contributed by atoms with Crippen molar-refractivity contribution < 1.29 is 0 Å². The van der Waals surface area contributed by atoms with Crippen LogP contribution in [0.15, 0.2) is 42.9 Å². The molecule has 0 aliphatic carbocycles. The van der Waals surface area contributed by atoms with E-state index < -0.39 is 0 Å². The third-order valence-corrected chi connectivity index (χ3v) is 2.15. The Morgan fingerprint density at radius 2 is 2.00 bits per heavy atom. The number of H-pyrrole nitrogens is 1. The van der Waals surface area contributed by atoms with Crippen molar-refractivity contribution >= 4 is 11.2 Å². The predicted octanol–water partition coefficient (Wildman–Crippen LogP) is 1.75. The SMILES string of the molecule is c1ccc(-n2ncc3[nH]cnc32)cc1. The fraction of sp³-hybridized carbons (Fsp3) is 0. The van der Waals surface area contributed by atoms with Gasteiger partial charge in [0.25, 0.3) is 0 Å². The molecule has 3 rings (SSSR count). The van der Waals surface area contributed by atoms with Crippen molar-refractivity contribution in [3.63, 3.8) is 0 Å². The van der Waals surface area contributed by atoms with Gasteiger partial charge in [0.05, 0.1) is 18.2 Å². The first-order chi connectivity index (χ1) is 6.95. The second-order valence-corrected chi connectivity index (χ2v) is 3.03. The highest BCUT2D eigenvalue weighted by molar-refractivity contribution is 5.71. The normalized spacial score (nSPS) is 10.9. The molecule has 0 unspecified atom stereocenters. The lowest BCUT2D eigenvalue weighted by atomic mass is 10.3. The summed E-state index contributed by atoms with van der Waals surface area (Å²) < 4.78 is 1.81. The Morgan fingerprint density at radius 3 is 2.86 bits per heavy atom. The zero-order valence-corrected chi connectivity index (χ0v) is 7.38. The predicted molar refractivity (Wildman–Crippen MR) is 53.2 cm³/mol. The van der Waals surface area contributed by atoms with Gasteiger partial charge in [-0.05, 0) is 12.1 Å². The minimum atomic E-state index is 0.858. The summed E-state index contributed by atoms with van der Waals surface area (Å²) >= 11 is 0. The van der Waals surface area contributed by atoms with Crippen LogP contribution < -0.4 is 0 Å². The Morgan fingerprint density at radius 1 is 1.14 bits per heavy atom. The molecule has 0 saturated carbocycles. The van der Waals surface area contributed by atoms with Crippen LogP contribution in [0.2, 0.25) is 0 Å². The summed E-state index contributed by atoms with van der Waals surface area (Å²) in [7, 11) is 0. The number of nitrogens with one attached hydrogen (secondary N) is 1. The van der Waals surface area contributed by atoms with Crippen LogP contribution >= 0.6 is 0 Å². The molecule has 1 aromatic carbocycles. The maximum absolute atomic E-state index is 4.25. The first kappa shape index (κ1) is 7.32. The quantitative estimate of drug-likeness (QED) is 0.626. The molecule has 0 amide bonds. The molecule has 4 nitrogen and oxygen atoms in total. The van der Waals surface area contributed by atoms with Crippen LogP contribution in [0.25, 0.3) is 16.9 Å². The van der Waals surface area contributed by atoms with Gasteiger partial charge in [-0.25, -0.2) is 9.67 Å². The summed E-state index contributed by atoms with van der Waals surface area (Å²) in [6.07, 6.45) is 3.45. The summed E-state index contributed by atoms with van der Waals surface area (Å²) in [5.41, 5.74) is 2.83. The van der Waals surface area contributed by atoms with E-state index in [9.17, 15) is 0 Å². The number of aromatic nitrogens is 4. The van der Waals surface area contributed by atoms with E-state index >= 15 is 0 Å². The third kappa shape index (κ3) is 0.939. The van der Waals surface area contributed by atoms with E-state index in [4.69, 9.17) is 0 Å². The Bertz CT molecular complexity index is 550. The maximum Gasteiger partial charge on any atom is 0.180 e. The second-order valence-electron chi connectivity index (χ2n) is 3.03. The fourth-order valence-corrected chi connectivity index (χ4v) is 1.49. The molecule has 0 saturated heterocycles. The smallest absolute Gasteiger partial charge is 0.180 e. The van der Waals surface area contributed by atoms with Crippen molar-refractivity contribution in [1.82, 2.24) is 19.7 Å². The molecule has 2 aromatic heterocycles. The maximum atomic E-state index is 4.25. The van der Waals surface area contributed by atoms with Crippen molar-refractivity contribution in [2.24, 2.45) is 0 Å². The van der Waals surface area contributed by atoms with Gasteiger partial charge in [0.1, 0.15) is 5.52 Å². The Hall–Kier alpha value is -2.10. The number of fused-ring (bicyclic) bond motifs is 1. The van der Waals surface area contributed by atoms with Gasteiger partial charge in [-0.1, -0.05) is 18.2 Å². The van der Waals surface area contributed by atoms with E-state index in [1.165, 1.54) is 0 Å². The van der Waals surface area contributed by atoms with Gasteiger partial charge < -0.3 is 4.98 Å². The number of benzene rings is 1. The van der Waals surface area contributed by atoms with E-state index in [1.807, 2.05) is 35.0 Å². The van der Waals surface area contributed by atoms with Gasteiger partial charge in [-0.2, -0.15) is 5.10 Å². The van der Waals surface area contributed by atoms with Gasteiger partial charge in [0, 0.05) is 0 Å². The number of imidazole rings is 1. The molecule has 0 fully saturated rings. The van der Waals surface area contributed by atoms with Gasteiger partial charge >= 0.3 is 0 Å². The average molecular weight is 184 g/mol. The second kappa shape index (κ2) is 2.70. The van der Waals surface area contributed by atoms with Crippen molar-refractivity contribution in [3.05, 3.63) is 42.9 Å². The van der Waals surface area contributed by atoms with Crippen molar-refractivity contribution in [1.29, 1.82) is 0 Å². The number of hydrogen-bond acceptors (Lipinski definition) is 2. The molecule has 0 aliphatic heterocycles. The molecule has 3 aromatic rings. The molecule has 68 valence electrons. The van der Waals surface area contributed by atoms with E-state index in [2.05, 4.69) is 15.1 Å². The van der Waals surface area contributed by atoms with Crippen LogP contribution in [0.3, 0.4) is 0 Å². The third-order valence-electron chi connectivity index (χ3n) is 2.15. The van der Waals surface area contributed by atoms with Gasteiger partial charge in [0.15, 0.2) is 5.65 Å². The molecule has 14 heavy (non-hydrogen) atoms. The molecule has 0 atom stereocenters. The van der Waals surface area contributed by atoms with Crippen LogP contribution in [0, 0.1) is 0 Å². The van der Waals surface area contributed by atoms with Crippen LogP contribution in [-0.2, 0) is 0 Å². The molecular formula is C10H8N4.